The van der Waals surface area contributed by atoms with Gasteiger partial charge in [-0.15, -0.1) is 10.2 Å². The van der Waals surface area contributed by atoms with E-state index in [2.05, 4.69) is 26.1 Å². The number of aryl methyl sites for hydroxylation is 1. The zero-order valence-electron chi connectivity index (χ0n) is 11.4. The van der Waals surface area contributed by atoms with E-state index in [0.29, 0.717) is 11.2 Å². The van der Waals surface area contributed by atoms with E-state index in [1.54, 1.807) is 6.07 Å². The summed E-state index contributed by atoms with van der Waals surface area (Å²) < 4.78 is 15.3. The molecule has 2 aromatic carbocycles. The van der Waals surface area contributed by atoms with Crippen LogP contribution in [0.25, 0.3) is 17.1 Å². The predicted molar refractivity (Wildman–Crippen MR) is 84.1 cm³/mol. The van der Waals surface area contributed by atoms with E-state index in [9.17, 15) is 4.39 Å². The van der Waals surface area contributed by atoms with E-state index in [-0.39, 0.29) is 5.82 Å². The third kappa shape index (κ3) is 2.61. The van der Waals surface area contributed by atoms with E-state index < -0.39 is 0 Å². The van der Waals surface area contributed by atoms with Crippen molar-refractivity contribution < 1.29 is 4.39 Å². The molecule has 0 aliphatic heterocycles. The summed E-state index contributed by atoms with van der Waals surface area (Å²) in [5.41, 5.74) is 2.69. The Morgan fingerprint density at radius 3 is 2.52 bits per heavy atom. The van der Waals surface area contributed by atoms with Gasteiger partial charge < -0.3 is 0 Å². The topological polar surface area (TPSA) is 30.7 Å². The van der Waals surface area contributed by atoms with Crippen molar-refractivity contribution in [3.8, 4) is 17.1 Å². The van der Waals surface area contributed by atoms with Gasteiger partial charge in [-0.1, -0.05) is 34.1 Å². The summed E-state index contributed by atoms with van der Waals surface area (Å²) in [7, 11) is 0. The molecule has 106 valence electrons. The third-order valence-corrected chi connectivity index (χ3v) is 3.79. The molecule has 3 nitrogen and oxygen atoms in total. The molecule has 21 heavy (non-hydrogen) atoms. The number of halogens is 2. The highest BCUT2D eigenvalue weighted by Crippen LogP contribution is 2.26. The van der Waals surface area contributed by atoms with E-state index in [1.807, 2.05) is 41.8 Å². The highest BCUT2D eigenvalue weighted by Gasteiger charge is 2.16. The molecule has 3 aromatic rings. The first-order valence-electron chi connectivity index (χ1n) is 6.53. The lowest BCUT2D eigenvalue weighted by Gasteiger charge is -2.11. The number of alkyl halides is 1. The molecule has 0 spiro atoms. The second-order valence-electron chi connectivity index (χ2n) is 4.70. The average molecular weight is 346 g/mol. The number of hydrogen-bond donors (Lipinski definition) is 0. The molecule has 0 unspecified atom stereocenters. The quantitative estimate of drug-likeness (QED) is 0.663. The Balaban J connectivity index is 2.22. The Morgan fingerprint density at radius 1 is 1.10 bits per heavy atom. The maximum absolute atomic E-state index is 13.3. The number of para-hydroxylation sites is 1. The van der Waals surface area contributed by atoms with E-state index >= 15 is 0 Å². The van der Waals surface area contributed by atoms with Gasteiger partial charge in [0, 0.05) is 11.3 Å². The smallest absolute Gasteiger partial charge is 0.168 e. The maximum atomic E-state index is 13.3. The maximum Gasteiger partial charge on any atom is 0.168 e. The van der Waals surface area contributed by atoms with Crippen LogP contribution in [-0.2, 0) is 5.33 Å². The number of aromatic nitrogens is 3. The fourth-order valence-electron chi connectivity index (χ4n) is 2.30. The van der Waals surface area contributed by atoms with Crippen LogP contribution in [0.4, 0.5) is 4.39 Å². The Hall–Kier alpha value is -2.01. The normalized spacial score (nSPS) is 10.8. The van der Waals surface area contributed by atoms with Crippen molar-refractivity contribution in [1.82, 2.24) is 14.8 Å². The Morgan fingerprint density at radius 2 is 1.86 bits per heavy atom. The summed E-state index contributed by atoms with van der Waals surface area (Å²) in [6, 6.07) is 14.6. The zero-order chi connectivity index (χ0) is 14.8. The first-order valence-corrected chi connectivity index (χ1v) is 7.65. The van der Waals surface area contributed by atoms with Crippen LogP contribution in [0.5, 0.6) is 0 Å². The molecule has 0 saturated carbocycles. The van der Waals surface area contributed by atoms with E-state index in [1.165, 1.54) is 12.1 Å². The van der Waals surface area contributed by atoms with Crippen LogP contribution in [0.1, 0.15) is 11.4 Å². The number of nitrogens with zero attached hydrogens (tertiary/aromatic N) is 3. The van der Waals surface area contributed by atoms with Gasteiger partial charge in [0.25, 0.3) is 0 Å². The van der Waals surface area contributed by atoms with Crippen molar-refractivity contribution in [2.75, 3.05) is 0 Å². The van der Waals surface area contributed by atoms with Gasteiger partial charge >= 0.3 is 0 Å². The molecule has 0 amide bonds. The third-order valence-electron chi connectivity index (χ3n) is 3.29. The molecule has 0 N–H and O–H groups in total. The molecule has 0 atom stereocenters. The summed E-state index contributed by atoms with van der Waals surface area (Å²) >= 11 is 3.44. The van der Waals surface area contributed by atoms with Gasteiger partial charge in [0.05, 0.1) is 5.33 Å². The first-order chi connectivity index (χ1) is 10.2. The van der Waals surface area contributed by atoms with Gasteiger partial charge in [0.15, 0.2) is 5.82 Å². The predicted octanol–water partition coefficient (Wildman–Crippen LogP) is 4.28. The molecule has 0 bridgehead atoms. The van der Waals surface area contributed by atoms with Crippen molar-refractivity contribution in [2.24, 2.45) is 0 Å². The summed E-state index contributed by atoms with van der Waals surface area (Å²) in [5, 5.41) is 9.10. The van der Waals surface area contributed by atoms with Crippen molar-refractivity contribution in [1.29, 1.82) is 0 Å². The van der Waals surface area contributed by atoms with Crippen LogP contribution in [0.2, 0.25) is 0 Å². The SMILES string of the molecule is Cc1cc(F)ccc1-c1nnc(CBr)n1-c1ccccc1. The Labute approximate surface area is 130 Å². The minimum absolute atomic E-state index is 0.247. The summed E-state index contributed by atoms with van der Waals surface area (Å²) in [6.45, 7) is 1.87. The fourth-order valence-corrected chi connectivity index (χ4v) is 2.67. The molecular formula is C16H13BrFN3. The van der Waals surface area contributed by atoms with Crippen LogP contribution in [0.15, 0.2) is 48.5 Å². The van der Waals surface area contributed by atoms with E-state index in [4.69, 9.17) is 0 Å². The Kier molecular flexibility index (Phi) is 3.84. The Bertz CT molecular complexity index is 768. The van der Waals surface area contributed by atoms with Crippen molar-refractivity contribution in [3.05, 3.63) is 65.7 Å². The van der Waals surface area contributed by atoms with Crippen LogP contribution in [0, 0.1) is 12.7 Å². The van der Waals surface area contributed by atoms with Crippen LogP contribution in [-0.4, -0.2) is 14.8 Å². The fraction of sp³-hybridized carbons (Fsp3) is 0.125. The van der Waals surface area contributed by atoms with Crippen LogP contribution >= 0.6 is 15.9 Å². The lowest BCUT2D eigenvalue weighted by Crippen LogP contribution is -2.02. The standard InChI is InChI=1S/C16H13BrFN3/c1-11-9-12(18)7-8-14(11)16-20-19-15(10-17)21(16)13-5-3-2-4-6-13/h2-9H,10H2,1H3. The monoisotopic (exact) mass is 345 g/mol. The van der Waals surface area contributed by atoms with E-state index in [0.717, 1.165) is 22.6 Å². The summed E-state index contributed by atoms with van der Waals surface area (Å²) in [5.74, 6) is 1.27. The lowest BCUT2D eigenvalue weighted by atomic mass is 10.1. The molecule has 0 aliphatic rings. The summed E-state index contributed by atoms with van der Waals surface area (Å²) in [4.78, 5) is 0. The molecule has 0 fully saturated rings. The highest BCUT2D eigenvalue weighted by atomic mass is 79.9. The second kappa shape index (κ2) is 5.77. The number of hydrogen-bond acceptors (Lipinski definition) is 2. The van der Waals surface area contributed by atoms with Gasteiger partial charge in [-0.2, -0.15) is 0 Å². The molecule has 1 heterocycles. The first kappa shape index (κ1) is 13.9. The molecule has 0 saturated heterocycles. The van der Waals surface area contributed by atoms with Crippen LogP contribution in [0.3, 0.4) is 0 Å². The van der Waals surface area contributed by atoms with Gasteiger partial charge in [-0.05, 0) is 42.8 Å². The van der Waals surface area contributed by atoms with Gasteiger partial charge in [-0.25, -0.2) is 4.39 Å². The van der Waals surface area contributed by atoms with Crippen molar-refractivity contribution in [2.45, 2.75) is 12.3 Å². The molecule has 1 aromatic heterocycles. The molecular weight excluding hydrogens is 333 g/mol. The van der Waals surface area contributed by atoms with Crippen molar-refractivity contribution >= 4 is 15.9 Å². The average Bonchev–Trinajstić information content (AvgIpc) is 2.92. The molecule has 5 heteroatoms. The van der Waals surface area contributed by atoms with Gasteiger partial charge in [0.2, 0.25) is 0 Å². The number of benzene rings is 2. The molecule has 0 aliphatic carbocycles. The van der Waals surface area contributed by atoms with Gasteiger partial charge in [0.1, 0.15) is 11.6 Å². The van der Waals surface area contributed by atoms with Crippen molar-refractivity contribution in [3.63, 3.8) is 0 Å². The zero-order valence-corrected chi connectivity index (χ0v) is 13.0. The minimum atomic E-state index is -0.247. The molecule has 3 rings (SSSR count). The minimum Gasteiger partial charge on any atom is -0.278 e. The largest absolute Gasteiger partial charge is 0.278 e. The summed E-state index contributed by atoms with van der Waals surface area (Å²) in [6.07, 6.45) is 0. The molecule has 0 radical (unpaired) electrons. The lowest BCUT2D eigenvalue weighted by molar-refractivity contribution is 0.627. The number of rotatable bonds is 3. The van der Waals surface area contributed by atoms with Crippen LogP contribution < -0.4 is 0 Å². The second-order valence-corrected chi connectivity index (χ2v) is 5.26. The van der Waals surface area contributed by atoms with Gasteiger partial charge in [-0.3, -0.25) is 4.57 Å². The highest BCUT2D eigenvalue weighted by molar-refractivity contribution is 9.08.